The standard InChI is InChI=1S/C22H30N4O2/c1-17(2)28-20-8-6-19(7-9-20)10-12-24-22(27)26-15-13-25(14-16-26)21-18(3)5-4-11-23-21/h4-9,11,17H,10,12-16H2,1-3H3,(H,24,27). The first-order valence-corrected chi connectivity index (χ1v) is 9.98. The van der Waals surface area contributed by atoms with Crippen molar-refractivity contribution in [3.8, 4) is 5.75 Å². The van der Waals surface area contributed by atoms with Crippen LogP contribution in [0.15, 0.2) is 42.6 Å². The molecule has 1 aromatic carbocycles. The van der Waals surface area contributed by atoms with Crippen LogP contribution >= 0.6 is 0 Å². The number of nitrogens with zero attached hydrogens (tertiary/aromatic N) is 3. The third-order valence-electron chi connectivity index (χ3n) is 4.83. The van der Waals surface area contributed by atoms with Crippen LogP contribution in [0.1, 0.15) is 25.0 Å². The van der Waals surface area contributed by atoms with E-state index in [1.54, 1.807) is 0 Å². The molecule has 1 aliphatic rings. The van der Waals surface area contributed by atoms with Crippen molar-refractivity contribution in [1.82, 2.24) is 15.2 Å². The minimum Gasteiger partial charge on any atom is -0.491 e. The predicted octanol–water partition coefficient (Wildman–Crippen LogP) is 3.25. The molecule has 1 fully saturated rings. The van der Waals surface area contributed by atoms with Gasteiger partial charge in [-0.2, -0.15) is 0 Å². The van der Waals surface area contributed by atoms with Gasteiger partial charge in [-0.1, -0.05) is 18.2 Å². The zero-order chi connectivity index (χ0) is 19.9. The Morgan fingerprint density at radius 3 is 2.50 bits per heavy atom. The monoisotopic (exact) mass is 382 g/mol. The smallest absolute Gasteiger partial charge is 0.317 e. The highest BCUT2D eigenvalue weighted by Gasteiger charge is 2.22. The fraction of sp³-hybridized carbons (Fsp3) is 0.455. The van der Waals surface area contributed by atoms with E-state index in [1.807, 2.05) is 43.1 Å². The summed E-state index contributed by atoms with van der Waals surface area (Å²) in [5.41, 5.74) is 2.36. The van der Waals surface area contributed by atoms with Crippen LogP contribution in [0.2, 0.25) is 0 Å². The van der Waals surface area contributed by atoms with E-state index in [0.717, 1.165) is 31.1 Å². The SMILES string of the molecule is Cc1cccnc1N1CCN(C(=O)NCCc2ccc(OC(C)C)cc2)CC1. The highest BCUT2D eigenvalue weighted by Crippen LogP contribution is 2.18. The Morgan fingerprint density at radius 2 is 1.86 bits per heavy atom. The second-order valence-corrected chi connectivity index (χ2v) is 7.41. The molecular weight excluding hydrogens is 352 g/mol. The summed E-state index contributed by atoms with van der Waals surface area (Å²) in [5, 5.41) is 3.04. The molecule has 1 saturated heterocycles. The van der Waals surface area contributed by atoms with Gasteiger partial charge in [-0.3, -0.25) is 0 Å². The molecule has 0 radical (unpaired) electrons. The summed E-state index contributed by atoms with van der Waals surface area (Å²) in [5.74, 6) is 1.90. The number of piperazine rings is 1. The third-order valence-corrected chi connectivity index (χ3v) is 4.83. The van der Waals surface area contributed by atoms with Crippen molar-refractivity contribution >= 4 is 11.8 Å². The van der Waals surface area contributed by atoms with Crippen LogP contribution in [-0.4, -0.2) is 54.7 Å². The Morgan fingerprint density at radius 1 is 1.14 bits per heavy atom. The van der Waals surface area contributed by atoms with Crippen LogP contribution in [-0.2, 0) is 6.42 Å². The third kappa shape index (κ3) is 5.38. The number of carbonyl (C=O) groups is 1. The van der Waals surface area contributed by atoms with Gasteiger partial charge in [0, 0.05) is 38.9 Å². The maximum absolute atomic E-state index is 12.4. The van der Waals surface area contributed by atoms with Gasteiger partial charge in [0.2, 0.25) is 0 Å². The zero-order valence-electron chi connectivity index (χ0n) is 17.0. The van der Waals surface area contributed by atoms with E-state index in [2.05, 4.69) is 40.3 Å². The molecule has 6 heteroatoms. The molecule has 3 rings (SSSR count). The zero-order valence-corrected chi connectivity index (χ0v) is 17.0. The van der Waals surface area contributed by atoms with Crippen molar-refractivity contribution < 1.29 is 9.53 Å². The van der Waals surface area contributed by atoms with Crippen LogP contribution in [0, 0.1) is 6.92 Å². The maximum atomic E-state index is 12.4. The number of aromatic nitrogens is 1. The Hall–Kier alpha value is -2.76. The van der Waals surface area contributed by atoms with Crippen LogP contribution in [0.3, 0.4) is 0 Å². The summed E-state index contributed by atoms with van der Waals surface area (Å²) in [6.07, 6.45) is 2.80. The quantitative estimate of drug-likeness (QED) is 0.833. The average Bonchev–Trinajstić information content (AvgIpc) is 2.69. The number of hydrogen-bond acceptors (Lipinski definition) is 4. The number of benzene rings is 1. The predicted molar refractivity (Wildman–Crippen MR) is 112 cm³/mol. The second-order valence-electron chi connectivity index (χ2n) is 7.41. The van der Waals surface area contributed by atoms with Crippen LogP contribution < -0.4 is 15.0 Å². The molecule has 0 spiro atoms. The lowest BCUT2D eigenvalue weighted by atomic mass is 10.1. The number of ether oxygens (including phenoxy) is 1. The van der Waals surface area contributed by atoms with Crippen molar-refractivity contribution in [2.24, 2.45) is 0 Å². The number of pyridine rings is 1. The molecule has 2 aromatic rings. The van der Waals surface area contributed by atoms with Gasteiger partial charge in [0.25, 0.3) is 0 Å². The van der Waals surface area contributed by atoms with Gasteiger partial charge in [-0.15, -0.1) is 0 Å². The molecule has 0 aliphatic carbocycles. The largest absolute Gasteiger partial charge is 0.491 e. The normalized spacial score (nSPS) is 14.3. The van der Waals surface area contributed by atoms with Crippen molar-refractivity contribution in [3.63, 3.8) is 0 Å². The first kappa shape index (κ1) is 20.0. The molecule has 1 aliphatic heterocycles. The minimum atomic E-state index is 0.0113. The van der Waals surface area contributed by atoms with Gasteiger partial charge in [-0.05, 0) is 56.5 Å². The summed E-state index contributed by atoms with van der Waals surface area (Å²) < 4.78 is 5.65. The maximum Gasteiger partial charge on any atom is 0.317 e. The lowest BCUT2D eigenvalue weighted by Crippen LogP contribution is -2.52. The fourth-order valence-corrected chi connectivity index (χ4v) is 3.36. The first-order valence-electron chi connectivity index (χ1n) is 9.98. The van der Waals surface area contributed by atoms with Crippen molar-refractivity contribution in [3.05, 3.63) is 53.7 Å². The summed E-state index contributed by atoms with van der Waals surface area (Å²) in [4.78, 5) is 21.0. The van der Waals surface area contributed by atoms with Gasteiger partial charge >= 0.3 is 6.03 Å². The van der Waals surface area contributed by atoms with Gasteiger partial charge in [-0.25, -0.2) is 9.78 Å². The van der Waals surface area contributed by atoms with Crippen molar-refractivity contribution in [1.29, 1.82) is 0 Å². The molecule has 6 nitrogen and oxygen atoms in total. The Bertz CT molecular complexity index is 768. The van der Waals surface area contributed by atoms with E-state index < -0.39 is 0 Å². The lowest BCUT2D eigenvalue weighted by molar-refractivity contribution is 0.194. The topological polar surface area (TPSA) is 57.7 Å². The van der Waals surface area contributed by atoms with Crippen molar-refractivity contribution in [2.75, 3.05) is 37.6 Å². The van der Waals surface area contributed by atoms with Crippen molar-refractivity contribution in [2.45, 2.75) is 33.3 Å². The molecule has 28 heavy (non-hydrogen) atoms. The molecule has 0 bridgehead atoms. The van der Waals surface area contributed by atoms with Gasteiger partial charge in [0.05, 0.1) is 6.10 Å². The van der Waals surface area contributed by atoms with E-state index >= 15 is 0 Å². The first-order chi connectivity index (χ1) is 13.5. The van der Waals surface area contributed by atoms with Gasteiger partial charge in [0.1, 0.15) is 11.6 Å². The molecule has 0 saturated carbocycles. The summed E-state index contributed by atoms with van der Waals surface area (Å²) >= 11 is 0. The fourth-order valence-electron chi connectivity index (χ4n) is 3.36. The van der Waals surface area contributed by atoms with E-state index in [0.29, 0.717) is 19.6 Å². The Balaban J connectivity index is 1.41. The van der Waals surface area contributed by atoms with E-state index in [9.17, 15) is 4.79 Å². The molecular formula is C22H30N4O2. The van der Waals surface area contributed by atoms with E-state index in [1.165, 1.54) is 11.1 Å². The van der Waals surface area contributed by atoms with E-state index in [4.69, 9.17) is 4.74 Å². The number of rotatable bonds is 6. The number of amides is 2. The van der Waals surface area contributed by atoms with Crippen LogP contribution in [0.25, 0.3) is 0 Å². The molecule has 0 atom stereocenters. The number of urea groups is 1. The molecule has 1 N–H and O–H groups in total. The second kappa shape index (κ2) is 9.44. The van der Waals surface area contributed by atoms with Gasteiger partial charge in [0.15, 0.2) is 0 Å². The van der Waals surface area contributed by atoms with E-state index in [-0.39, 0.29) is 12.1 Å². The number of anilines is 1. The highest BCUT2D eigenvalue weighted by atomic mass is 16.5. The molecule has 1 aromatic heterocycles. The number of nitrogens with one attached hydrogen (secondary N) is 1. The summed E-state index contributed by atoms with van der Waals surface area (Å²) in [6, 6.07) is 12.1. The summed E-state index contributed by atoms with van der Waals surface area (Å²) in [7, 11) is 0. The number of carbonyl (C=O) groups excluding carboxylic acids is 1. The lowest BCUT2D eigenvalue weighted by Gasteiger charge is -2.36. The van der Waals surface area contributed by atoms with Crippen LogP contribution in [0.4, 0.5) is 10.6 Å². The average molecular weight is 383 g/mol. The summed E-state index contributed by atoms with van der Waals surface area (Å²) in [6.45, 7) is 9.77. The van der Waals surface area contributed by atoms with Gasteiger partial charge < -0.3 is 19.9 Å². The molecule has 0 unspecified atom stereocenters. The Labute approximate surface area is 167 Å². The Kier molecular flexibility index (Phi) is 6.74. The van der Waals surface area contributed by atoms with Crippen LogP contribution in [0.5, 0.6) is 5.75 Å². The molecule has 2 heterocycles. The minimum absolute atomic E-state index is 0.0113. The highest BCUT2D eigenvalue weighted by molar-refractivity contribution is 5.74. The molecule has 2 amide bonds. The molecule has 150 valence electrons. The number of aryl methyl sites for hydroxylation is 1. The number of hydrogen-bond donors (Lipinski definition) is 1.